The van der Waals surface area contributed by atoms with Gasteiger partial charge in [0.25, 0.3) is 0 Å². The van der Waals surface area contributed by atoms with E-state index in [0.717, 1.165) is 12.0 Å². The molecule has 2 rings (SSSR count). The lowest BCUT2D eigenvalue weighted by Gasteiger charge is -2.29. The predicted octanol–water partition coefficient (Wildman–Crippen LogP) is 1.91. The Kier molecular flexibility index (Phi) is 2.85. The quantitative estimate of drug-likeness (QED) is 0.611. The van der Waals surface area contributed by atoms with E-state index in [2.05, 4.69) is 25.7 Å². The maximum atomic E-state index is 2.70. The predicted molar refractivity (Wildman–Crippen MR) is 60.0 cm³/mol. The minimum Gasteiger partial charge on any atom is -0.310 e. The van der Waals surface area contributed by atoms with Crippen molar-refractivity contribution < 1.29 is 4.48 Å². The van der Waals surface area contributed by atoms with Gasteiger partial charge in [-0.1, -0.05) is 13.8 Å². The fraction of sp³-hybridized carbons (Fsp3) is 1.00. The second-order valence-corrected chi connectivity index (χ2v) is 5.83. The summed E-state index contributed by atoms with van der Waals surface area (Å²) in [4.78, 5) is 2.70. The fourth-order valence-corrected chi connectivity index (χ4v) is 3.30. The fourth-order valence-electron chi connectivity index (χ4n) is 3.30. The maximum Gasteiger partial charge on any atom is 0.135 e. The van der Waals surface area contributed by atoms with Crippen LogP contribution in [-0.2, 0) is 0 Å². The smallest absolute Gasteiger partial charge is 0.135 e. The zero-order valence-electron chi connectivity index (χ0n) is 10.00. The van der Waals surface area contributed by atoms with Crippen LogP contribution >= 0.6 is 0 Å². The monoisotopic (exact) mass is 197 g/mol. The molecule has 2 heterocycles. The van der Waals surface area contributed by atoms with Crippen LogP contribution in [0.4, 0.5) is 0 Å². The molecule has 2 saturated heterocycles. The van der Waals surface area contributed by atoms with Crippen molar-refractivity contribution in [3.63, 3.8) is 0 Å². The highest BCUT2D eigenvalue weighted by Gasteiger charge is 2.43. The van der Waals surface area contributed by atoms with E-state index in [1.165, 1.54) is 50.2 Å². The van der Waals surface area contributed by atoms with Gasteiger partial charge in [-0.15, -0.1) is 0 Å². The van der Waals surface area contributed by atoms with Crippen molar-refractivity contribution in [1.29, 1.82) is 0 Å². The van der Waals surface area contributed by atoms with Crippen LogP contribution in [0, 0.1) is 5.92 Å². The molecule has 0 aromatic carbocycles. The molecule has 1 spiro atoms. The lowest BCUT2D eigenvalue weighted by molar-refractivity contribution is -0.909. The van der Waals surface area contributed by atoms with Crippen LogP contribution < -0.4 is 0 Å². The largest absolute Gasteiger partial charge is 0.310 e. The molecule has 0 saturated carbocycles. The summed E-state index contributed by atoms with van der Waals surface area (Å²) in [6.45, 7) is 14.0. The highest BCUT2D eigenvalue weighted by Crippen LogP contribution is 2.28. The van der Waals surface area contributed by atoms with Gasteiger partial charge in [-0.05, 0) is 12.8 Å². The number of rotatable bonds is 2. The Bertz CT molecular complexity index is 194. The summed E-state index contributed by atoms with van der Waals surface area (Å²) in [7, 11) is 0. The number of hydrogen-bond donors (Lipinski definition) is 0. The summed E-state index contributed by atoms with van der Waals surface area (Å²) in [6, 6.07) is 0.815. The van der Waals surface area contributed by atoms with Crippen LogP contribution in [0.25, 0.3) is 0 Å². The molecule has 0 amide bonds. The molecule has 2 aliphatic heterocycles. The lowest BCUT2D eigenvalue weighted by atomic mass is 10.2. The van der Waals surface area contributed by atoms with Crippen molar-refractivity contribution in [2.24, 2.45) is 5.92 Å². The molecule has 2 aliphatic rings. The Morgan fingerprint density at radius 3 is 2.50 bits per heavy atom. The molecule has 1 unspecified atom stereocenters. The van der Waals surface area contributed by atoms with E-state index in [-0.39, 0.29) is 0 Å². The first-order valence-electron chi connectivity index (χ1n) is 6.20. The van der Waals surface area contributed by atoms with Gasteiger partial charge < -0.3 is 4.48 Å². The van der Waals surface area contributed by atoms with Gasteiger partial charge in [0, 0.05) is 19.4 Å². The van der Waals surface area contributed by atoms with E-state index in [9.17, 15) is 0 Å². The van der Waals surface area contributed by atoms with E-state index in [4.69, 9.17) is 0 Å². The van der Waals surface area contributed by atoms with Gasteiger partial charge in [-0.3, -0.25) is 0 Å². The van der Waals surface area contributed by atoms with Crippen molar-refractivity contribution >= 4 is 0 Å². The average molecular weight is 197 g/mol. The summed E-state index contributed by atoms with van der Waals surface area (Å²) < 4.78 is 1.41. The first kappa shape index (κ1) is 10.4. The zero-order chi connectivity index (χ0) is 10.2. The van der Waals surface area contributed by atoms with Gasteiger partial charge in [0.2, 0.25) is 0 Å². The highest BCUT2D eigenvalue weighted by molar-refractivity contribution is 4.74. The minimum absolute atomic E-state index is 0.815. The zero-order valence-corrected chi connectivity index (χ0v) is 10.00. The summed E-state index contributed by atoms with van der Waals surface area (Å²) in [5.41, 5.74) is 0. The number of nitrogens with zero attached hydrogens (tertiary/aromatic N) is 2. The summed E-state index contributed by atoms with van der Waals surface area (Å²) >= 11 is 0. The van der Waals surface area contributed by atoms with Gasteiger partial charge in [-0.25, -0.2) is 4.90 Å². The van der Waals surface area contributed by atoms with Gasteiger partial charge in [0.05, 0.1) is 25.7 Å². The normalized spacial score (nSPS) is 32.1. The Morgan fingerprint density at radius 2 is 1.93 bits per heavy atom. The molecular weight excluding hydrogens is 172 g/mol. The number of hydrogen-bond acceptors (Lipinski definition) is 1. The summed E-state index contributed by atoms with van der Waals surface area (Å²) in [6.07, 6.45) is 2.92. The van der Waals surface area contributed by atoms with Crippen molar-refractivity contribution in [3.05, 3.63) is 0 Å². The van der Waals surface area contributed by atoms with Crippen molar-refractivity contribution in [2.45, 2.75) is 39.7 Å². The molecule has 0 aromatic rings. The Hall–Kier alpha value is -0.0800. The van der Waals surface area contributed by atoms with Crippen LogP contribution in [0.1, 0.15) is 33.6 Å². The first-order valence-corrected chi connectivity index (χ1v) is 6.20. The third kappa shape index (κ3) is 1.96. The molecule has 0 aliphatic carbocycles. The molecule has 2 nitrogen and oxygen atoms in total. The average Bonchev–Trinajstić information content (AvgIpc) is 2.61. The van der Waals surface area contributed by atoms with Crippen LogP contribution in [0.3, 0.4) is 0 Å². The molecule has 2 heteroatoms. The van der Waals surface area contributed by atoms with Crippen molar-refractivity contribution in [2.75, 3.05) is 32.8 Å². The second-order valence-electron chi connectivity index (χ2n) is 5.83. The van der Waals surface area contributed by atoms with E-state index in [1.54, 1.807) is 0 Å². The molecule has 0 radical (unpaired) electrons. The highest BCUT2D eigenvalue weighted by atomic mass is 15.5. The topological polar surface area (TPSA) is 3.24 Å². The van der Waals surface area contributed by atoms with Crippen LogP contribution in [0.15, 0.2) is 0 Å². The summed E-state index contributed by atoms with van der Waals surface area (Å²) in [5.74, 6) is 0.818. The second kappa shape index (κ2) is 3.82. The maximum absolute atomic E-state index is 2.70. The van der Waals surface area contributed by atoms with Crippen molar-refractivity contribution in [3.8, 4) is 0 Å². The van der Waals surface area contributed by atoms with E-state index < -0.39 is 0 Å². The SMILES string of the molecule is CC(C)CN1C[N+]2(CCCC2)CC1C. The Morgan fingerprint density at radius 1 is 1.29 bits per heavy atom. The van der Waals surface area contributed by atoms with Crippen LogP contribution in [0.2, 0.25) is 0 Å². The molecular formula is C12H25N2+. The van der Waals surface area contributed by atoms with Crippen LogP contribution in [0.5, 0.6) is 0 Å². The molecule has 0 N–H and O–H groups in total. The Labute approximate surface area is 88.5 Å². The van der Waals surface area contributed by atoms with Gasteiger partial charge in [0.15, 0.2) is 0 Å². The third-order valence-corrected chi connectivity index (χ3v) is 3.87. The molecule has 2 fully saturated rings. The van der Waals surface area contributed by atoms with Crippen LogP contribution in [-0.4, -0.2) is 48.3 Å². The molecule has 82 valence electrons. The third-order valence-electron chi connectivity index (χ3n) is 3.87. The minimum atomic E-state index is 0.815. The van der Waals surface area contributed by atoms with E-state index >= 15 is 0 Å². The standard InChI is InChI=1S/C12H25N2/c1-11(2)8-13-10-14(9-12(13)3)6-4-5-7-14/h11-12H,4-10H2,1-3H3/q+1. The van der Waals surface area contributed by atoms with Gasteiger partial charge >= 0.3 is 0 Å². The molecule has 14 heavy (non-hydrogen) atoms. The van der Waals surface area contributed by atoms with E-state index in [0.29, 0.717) is 0 Å². The molecule has 0 aromatic heterocycles. The Balaban J connectivity index is 1.95. The van der Waals surface area contributed by atoms with Crippen molar-refractivity contribution in [1.82, 2.24) is 4.90 Å². The number of quaternary nitrogens is 1. The molecule has 1 atom stereocenters. The van der Waals surface area contributed by atoms with Gasteiger partial charge in [-0.2, -0.15) is 0 Å². The lowest BCUT2D eigenvalue weighted by Crippen LogP contribution is -2.44. The van der Waals surface area contributed by atoms with E-state index in [1.807, 2.05) is 0 Å². The first-order chi connectivity index (χ1) is 6.61. The van der Waals surface area contributed by atoms with Gasteiger partial charge in [0.1, 0.15) is 6.67 Å². The molecule has 0 bridgehead atoms. The summed E-state index contributed by atoms with van der Waals surface area (Å²) in [5, 5.41) is 0.